The number of piperazine rings is 1. The molecule has 2 aromatic rings. The number of hydrogen-bond acceptors (Lipinski definition) is 6. The molecule has 0 aliphatic carbocycles. The summed E-state index contributed by atoms with van der Waals surface area (Å²) in [6.07, 6.45) is 0. The Labute approximate surface area is 175 Å². The number of esters is 1. The molecule has 0 saturated carbocycles. The average Bonchev–Trinajstić information content (AvgIpc) is 3.15. The molecule has 2 amide bonds. The molecule has 1 fully saturated rings. The van der Waals surface area contributed by atoms with Crippen molar-refractivity contribution in [2.75, 3.05) is 50.1 Å². The molecule has 1 aromatic carbocycles. The summed E-state index contributed by atoms with van der Waals surface area (Å²) in [6.45, 7) is 7.71. The molecular formula is C21H28N4O3S. The number of thiophene rings is 1. The van der Waals surface area contributed by atoms with E-state index in [-0.39, 0.29) is 18.0 Å². The molecule has 29 heavy (non-hydrogen) atoms. The third-order valence-electron chi connectivity index (χ3n) is 4.98. The van der Waals surface area contributed by atoms with Crippen LogP contribution in [0.3, 0.4) is 0 Å². The zero-order valence-corrected chi connectivity index (χ0v) is 17.9. The average molecular weight is 417 g/mol. The maximum absolute atomic E-state index is 12.3. The summed E-state index contributed by atoms with van der Waals surface area (Å²) >= 11 is 1.69. The first-order chi connectivity index (χ1) is 13.9. The Balaban J connectivity index is 1.47. The largest absolute Gasteiger partial charge is 0.468 e. The van der Waals surface area contributed by atoms with E-state index < -0.39 is 0 Å². The van der Waals surface area contributed by atoms with Crippen molar-refractivity contribution < 1.29 is 14.3 Å². The van der Waals surface area contributed by atoms with E-state index in [0.717, 1.165) is 42.4 Å². The van der Waals surface area contributed by atoms with Crippen LogP contribution in [-0.2, 0) is 9.53 Å². The summed E-state index contributed by atoms with van der Waals surface area (Å²) in [5, 5.41) is 5.86. The van der Waals surface area contributed by atoms with Crippen LogP contribution in [0.2, 0.25) is 0 Å². The fourth-order valence-corrected chi connectivity index (χ4v) is 4.17. The van der Waals surface area contributed by atoms with Crippen LogP contribution < -0.4 is 15.5 Å². The summed E-state index contributed by atoms with van der Waals surface area (Å²) in [5.41, 5.74) is 1.86. The van der Waals surface area contributed by atoms with Crippen LogP contribution in [0.25, 0.3) is 0 Å². The van der Waals surface area contributed by atoms with Gasteiger partial charge < -0.3 is 20.3 Å². The second-order valence-corrected chi connectivity index (χ2v) is 8.47. The fourth-order valence-electron chi connectivity index (χ4n) is 3.29. The van der Waals surface area contributed by atoms with Gasteiger partial charge in [0.2, 0.25) is 0 Å². The Morgan fingerprint density at radius 2 is 1.79 bits per heavy atom. The number of carbonyl (C=O) groups excluding carboxylic acids is 2. The van der Waals surface area contributed by atoms with Crippen molar-refractivity contribution in [1.29, 1.82) is 0 Å². The van der Waals surface area contributed by atoms with Crippen LogP contribution in [0.15, 0.2) is 36.4 Å². The molecule has 1 atom stereocenters. The number of rotatable bonds is 6. The van der Waals surface area contributed by atoms with E-state index in [1.807, 2.05) is 37.3 Å². The summed E-state index contributed by atoms with van der Waals surface area (Å²) in [7, 11) is 1.41. The van der Waals surface area contributed by atoms with E-state index in [1.165, 1.54) is 12.0 Å². The monoisotopic (exact) mass is 416 g/mol. The molecule has 0 spiro atoms. The zero-order valence-electron chi connectivity index (χ0n) is 17.1. The van der Waals surface area contributed by atoms with Crippen molar-refractivity contribution in [2.45, 2.75) is 19.9 Å². The SMILES string of the molecule is COC(=O)CN1CCN(c2ccc(NC(=O)NC(C)c3ccc(C)s3)cc2)CC1. The molecular weight excluding hydrogens is 388 g/mol. The number of nitrogens with zero attached hydrogens (tertiary/aromatic N) is 2. The number of amides is 2. The number of benzene rings is 1. The molecule has 1 aliphatic rings. The van der Waals surface area contributed by atoms with Crippen molar-refractivity contribution in [3.8, 4) is 0 Å². The molecule has 8 heteroatoms. The van der Waals surface area contributed by atoms with Gasteiger partial charge >= 0.3 is 12.0 Å². The lowest BCUT2D eigenvalue weighted by Crippen LogP contribution is -2.48. The standard InChI is InChI=1S/C21H28N4O3S/c1-15-4-9-19(29-15)16(2)22-21(27)23-17-5-7-18(8-6-17)25-12-10-24(11-13-25)14-20(26)28-3/h4-9,16H,10-14H2,1-3H3,(H2,22,23,27). The van der Waals surface area contributed by atoms with Gasteiger partial charge in [0.25, 0.3) is 0 Å². The van der Waals surface area contributed by atoms with Gasteiger partial charge in [-0.1, -0.05) is 0 Å². The lowest BCUT2D eigenvalue weighted by molar-refractivity contribution is -0.142. The Hall–Kier alpha value is -2.58. The molecule has 1 aromatic heterocycles. The highest BCUT2D eigenvalue weighted by Gasteiger charge is 2.19. The first-order valence-electron chi connectivity index (χ1n) is 9.72. The Kier molecular flexibility index (Phi) is 7.11. The molecule has 1 saturated heterocycles. The van der Waals surface area contributed by atoms with Gasteiger partial charge in [-0.25, -0.2) is 4.79 Å². The summed E-state index contributed by atoms with van der Waals surface area (Å²) in [5.74, 6) is -0.198. The van der Waals surface area contributed by atoms with E-state index in [9.17, 15) is 9.59 Å². The Morgan fingerprint density at radius 1 is 1.10 bits per heavy atom. The van der Waals surface area contributed by atoms with Gasteiger partial charge in [0.05, 0.1) is 19.7 Å². The van der Waals surface area contributed by atoms with E-state index in [1.54, 1.807) is 11.3 Å². The van der Waals surface area contributed by atoms with Crippen LogP contribution in [-0.4, -0.2) is 56.7 Å². The summed E-state index contributed by atoms with van der Waals surface area (Å²) < 4.78 is 4.73. The molecule has 0 bridgehead atoms. The van der Waals surface area contributed by atoms with Crippen LogP contribution in [0, 0.1) is 6.92 Å². The number of carbonyl (C=O) groups is 2. The van der Waals surface area contributed by atoms with Gasteiger partial charge in [-0.15, -0.1) is 11.3 Å². The summed E-state index contributed by atoms with van der Waals surface area (Å²) in [6, 6.07) is 11.7. The van der Waals surface area contributed by atoms with E-state index in [0.29, 0.717) is 6.54 Å². The second-order valence-electron chi connectivity index (χ2n) is 7.15. The smallest absolute Gasteiger partial charge is 0.319 e. The zero-order chi connectivity index (χ0) is 20.8. The van der Waals surface area contributed by atoms with Gasteiger partial charge in [0, 0.05) is 47.3 Å². The van der Waals surface area contributed by atoms with Gasteiger partial charge in [0.15, 0.2) is 0 Å². The number of aryl methyl sites for hydroxylation is 1. The van der Waals surface area contributed by atoms with Crippen LogP contribution in [0.5, 0.6) is 0 Å². The van der Waals surface area contributed by atoms with Crippen molar-refractivity contribution in [1.82, 2.24) is 10.2 Å². The number of methoxy groups -OCH3 is 1. The van der Waals surface area contributed by atoms with E-state index in [4.69, 9.17) is 4.74 Å². The highest BCUT2D eigenvalue weighted by Crippen LogP contribution is 2.23. The minimum atomic E-state index is -0.215. The van der Waals surface area contributed by atoms with Gasteiger partial charge in [-0.05, 0) is 50.2 Å². The second kappa shape index (κ2) is 9.76. The van der Waals surface area contributed by atoms with Crippen LogP contribution in [0.1, 0.15) is 22.7 Å². The Bertz CT molecular complexity index is 829. The normalized spacial score (nSPS) is 15.6. The lowest BCUT2D eigenvalue weighted by atomic mass is 10.2. The van der Waals surface area contributed by atoms with Crippen LogP contribution in [0.4, 0.5) is 16.2 Å². The molecule has 1 aliphatic heterocycles. The van der Waals surface area contributed by atoms with Crippen molar-refractivity contribution in [2.24, 2.45) is 0 Å². The predicted molar refractivity (Wildman–Crippen MR) is 117 cm³/mol. The first kappa shape index (κ1) is 21.1. The maximum atomic E-state index is 12.3. The quantitative estimate of drug-likeness (QED) is 0.708. The number of anilines is 2. The van der Waals surface area contributed by atoms with E-state index in [2.05, 4.69) is 33.4 Å². The summed E-state index contributed by atoms with van der Waals surface area (Å²) in [4.78, 5) is 30.4. The topological polar surface area (TPSA) is 73.9 Å². The lowest BCUT2D eigenvalue weighted by Gasteiger charge is -2.35. The highest BCUT2D eigenvalue weighted by atomic mass is 32.1. The maximum Gasteiger partial charge on any atom is 0.319 e. The van der Waals surface area contributed by atoms with Crippen molar-refractivity contribution >= 4 is 34.7 Å². The van der Waals surface area contributed by atoms with Gasteiger partial charge in [-0.2, -0.15) is 0 Å². The van der Waals surface area contributed by atoms with E-state index >= 15 is 0 Å². The number of urea groups is 1. The Morgan fingerprint density at radius 3 is 2.38 bits per heavy atom. The highest BCUT2D eigenvalue weighted by molar-refractivity contribution is 7.12. The molecule has 7 nitrogen and oxygen atoms in total. The van der Waals surface area contributed by atoms with Crippen molar-refractivity contribution in [3.63, 3.8) is 0 Å². The molecule has 2 N–H and O–H groups in total. The predicted octanol–water partition coefficient (Wildman–Crippen LogP) is 3.23. The molecule has 156 valence electrons. The number of hydrogen-bond donors (Lipinski definition) is 2. The third kappa shape index (κ3) is 5.95. The van der Waals surface area contributed by atoms with Gasteiger partial charge in [0.1, 0.15) is 0 Å². The molecule has 2 heterocycles. The van der Waals surface area contributed by atoms with Crippen LogP contribution >= 0.6 is 11.3 Å². The molecule has 1 unspecified atom stereocenters. The van der Waals surface area contributed by atoms with Crippen molar-refractivity contribution in [3.05, 3.63) is 46.2 Å². The molecule has 0 radical (unpaired) electrons. The minimum absolute atomic E-state index is 0.0331. The molecule has 3 rings (SSSR count). The number of ether oxygens (including phenoxy) is 1. The third-order valence-corrected chi connectivity index (χ3v) is 6.16. The minimum Gasteiger partial charge on any atom is -0.468 e. The van der Waals surface area contributed by atoms with Gasteiger partial charge in [-0.3, -0.25) is 9.69 Å². The first-order valence-corrected chi connectivity index (χ1v) is 10.5. The fraction of sp³-hybridized carbons (Fsp3) is 0.429. The number of nitrogens with one attached hydrogen (secondary N) is 2.